The number of halogens is 1. The number of carbonyl (C=O) groups excluding carboxylic acids is 1. The maximum atomic E-state index is 11.1. The van der Waals surface area contributed by atoms with Gasteiger partial charge >= 0.3 is 5.97 Å². The largest absolute Gasteiger partial charge is 0.478 e. The minimum atomic E-state index is -1.01. The van der Waals surface area contributed by atoms with E-state index in [1.807, 2.05) is 0 Å². The van der Waals surface area contributed by atoms with Crippen LogP contribution in [0.3, 0.4) is 0 Å². The summed E-state index contributed by atoms with van der Waals surface area (Å²) in [6.07, 6.45) is 2.49. The van der Waals surface area contributed by atoms with Crippen LogP contribution in [0.4, 0.5) is 0 Å². The predicted octanol–water partition coefficient (Wildman–Crippen LogP) is 2.65. The molecule has 1 N–H and O–H groups in total. The zero-order valence-electron chi connectivity index (χ0n) is 8.68. The maximum Gasteiger partial charge on any atom is 0.328 e. The Morgan fingerprint density at radius 3 is 2.69 bits per heavy atom. The molecule has 0 saturated heterocycles. The first kappa shape index (κ1) is 12.5. The fourth-order valence-electron chi connectivity index (χ4n) is 1.22. The van der Waals surface area contributed by atoms with Gasteiger partial charge in [0.05, 0.1) is 0 Å². The Balaban J connectivity index is 2.95. The van der Waals surface area contributed by atoms with Gasteiger partial charge in [-0.05, 0) is 30.2 Å². The van der Waals surface area contributed by atoms with Gasteiger partial charge in [-0.3, -0.25) is 4.79 Å². The second kappa shape index (κ2) is 5.47. The number of carboxylic acids is 1. The van der Waals surface area contributed by atoms with Gasteiger partial charge in [0.25, 0.3) is 0 Å². The lowest BCUT2D eigenvalue weighted by Crippen LogP contribution is -2.01. The summed E-state index contributed by atoms with van der Waals surface area (Å²) in [6.45, 7) is 1.41. The Hall–Kier alpha value is -1.61. The monoisotopic (exact) mass is 238 g/mol. The molecule has 0 fully saturated rings. The third-order valence-electron chi connectivity index (χ3n) is 1.98. The minimum absolute atomic E-state index is 0.138. The number of alkyl halides is 1. The number of carbonyl (C=O) groups is 2. The molecule has 0 aliphatic heterocycles. The first-order valence-electron chi connectivity index (χ1n) is 4.66. The van der Waals surface area contributed by atoms with E-state index in [1.165, 1.54) is 13.0 Å². The normalized spacial score (nSPS) is 12.6. The fraction of sp³-hybridized carbons (Fsp3) is 0.167. The van der Waals surface area contributed by atoms with Crippen molar-refractivity contribution in [2.45, 2.75) is 12.3 Å². The molecular formula is C12H11ClO3. The van der Waals surface area contributed by atoms with Gasteiger partial charge in [-0.25, -0.2) is 4.79 Å². The Morgan fingerprint density at radius 2 is 2.12 bits per heavy atom. The average molecular weight is 239 g/mol. The second-order valence-electron chi connectivity index (χ2n) is 3.31. The molecule has 1 atom stereocenters. The van der Waals surface area contributed by atoms with Crippen LogP contribution in [0.25, 0.3) is 6.08 Å². The molecule has 1 aromatic carbocycles. The van der Waals surface area contributed by atoms with Crippen molar-refractivity contribution in [2.24, 2.45) is 0 Å². The Labute approximate surface area is 98.4 Å². The van der Waals surface area contributed by atoms with Crippen LogP contribution >= 0.6 is 11.6 Å². The van der Waals surface area contributed by atoms with Gasteiger partial charge in [-0.1, -0.05) is 18.2 Å². The zero-order chi connectivity index (χ0) is 12.1. The fourth-order valence-corrected chi connectivity index (χ4v) is 1.36. The SMILES string of the molecule is CC(=O)C(Cl)c1cccc(C=CC(=O)O)c1. The van der Waals surface area contributed by atoms with E-state index in [-0.39, 0.29) is 5.78 Å². The first-order chi connectivity index (χ1) is 7.50. The topological polar surface area (TPSA) is 54.4 Å². The molecule has 84 valence electrons. The van der Waals surface area contributed by atoms with E-state index in [0.29, 0.717) is 11.1 Å². The van der Waals surface area contributed by atoms with Gasteiger partial charge in [-0.2, -0.15) is 0 Å². The van der Waals surface area contributed by atoms with Gasteiger partial charge in [0.15, 0.2) is 5.78 Å². The highest BCUT2D eigenvalue weighted by Gasteiger charge is 2.12. The molecule has 0 amide bonds. The molecular weight excluding hydrogens is 228 g/mol. The molecule has 0 aromatic heterocycles. The molecule has 0 aliphatic rings. The number of rotatable bonds is 4. The highest BCUT2D eigenvalue weighted by molar-refractivity contribution is 6.30. The summed E-state index contributed by atoms with van der Waals surface area (Å²) in [4.78, 5) is 21.4. The number of carboxylic acid groups (broad SMARTS) is 1. The highest BCUT2D eigenvalue weighted by Crippen LogP contribution is 2.22. The molecule has 0 heterocycles. The molecule has 0 bridgehead atoms. The summed E-state index contributed by atoms with van der Waals surface area (Å²) in [5, 5.41) is 7.79. The Bertz CT molecular complexity index is 438. The van der Waals surface area contributed by atoms with Crippen LogP contribution in [0, 0.1) is 0 Å². The van der Waals surface area contributed by atoms with Crippen molar-refractivity contribution in [3.05, 3.63) is 41.5 Å². The van der Waals surface area contributed by atoms with E-state index in [1.54, 1.807) is 24.3 Å². The highest BCUT2D eigenvalue weighted by atomic mass is 35.5. The standard InChI is InChI=1S/C12H11ClO3/c1-8(14)12(13)10-4-2-3-9(7-10)5-6-11(15)16/h2-7,12H,1H3,(H,15,16). The summed E-state index contributed by atoms with van der Waals surface area (Å²) in [6, 6.07) is 6.90. The van der Waals surface area contributed by atoms with Crippen molar-refractivity contribution < 1.29 is 14.7 Å². The molecule has 16 heavy (non-hydrogen) atoms. The average Bonchev–Trinajstić information content (AvgIpc) is 2.25. The maximum absolute atomic E-state index is 11.1. The van der Waals surface area contributed by atoms with Crippen LogP contribution in [-0.4, -0.2) is 16.9 Å². The molecule has 0 spiro atoms. The number of hydrogen-bond acceptors (Lipinski definition) is 2. The van der Waals surface area contributed by atoms with Gasteiger partial charge in [0.2, 0.25) is 0 Å². The van der Waals surface area contributed by atoms with Gasteiger partial charge in [0.1, 0.15) is 5.38 Å². The minimum Gasteiger partial charge on any atom is -0.478 e. The summed E-state index contributed by atoms with van der Waals surface area (Å²) in [5.41, 5.74) is 1.37. The van der Waals surface area contributed by atoms with Gasteiger partial charge in [-0.15, -0.1) is 11.6 Å². The van der Waals surface area contributed by atoms with Crippen molar-refractivity contribution >= 4 is 29.4 Å². The van der Waals surface area contributed by atoms with E-state index >= 15 is 0 Å². The third kappa shape index (κ3) is 3.51. The number of hydrogen-bond donors (Lipinski definition) is 1. The lowest BCUT2D eigenvalue weighted by atomic mass is 10.1. The van der Waals surface area contributed by atoms with E-state index in [4.69, 9.17) is 16.7 Å². The quantitative estimate of drug-likeness (QED) is 0.648. The molecule has 0 aliphatic carbocycles. The molecule has 0 saturated carbocycles. The van der Waals surface area contributed by atoms with Crippen LogP contribution in [0.15, 0.2) is 30.3 Å². The number of ketones is 1. The molecule has 1 unspecified atom stereocenters. The van der Waals surface area contributed by atoms with Crippen LogP contribution in [-0.2, 0) is 9.59 Å². The lowest BCUT2D eigenvalue weighted by Gasteiger charge is -2.06. The Morgan fingerprint density at radius 1 is 1.44 bits per heavy atom. The Kier molecular flexibility index (Phi) is 4.26. The summed E-state index contributed by atoms with van der Waals surface area (Å²) < 4.78 is 0. The second-order valence-corrected chi connectivity index (χ2v) is 3.75. The van der Waals surface area contributed by atoms with E-state index in [9.17, 15) is 9.59 Å². The van der Waals surface area contributed by atoms with E-state index < -0.39 is 11.3 Å². The van der Waals surface area contributed by atoms with Crippen molar-refractivity contribution in [1.82, 2.24) is 0 Å². The molecule has 4 heteroatoms. The lowest BCUT2D eigenvalue weighted by molar-refractivity contribution is -0.131. The summed E-state index contributed by atoms with van der Waals surface area (Å²) in [5.74, 6) is -1.15. The van der Waals surface area contributed by atoms with E-state index in [2.05, 4.69) is 0 Å². The number of Topliss-reactive ketones (excluding diaryl/α,β-unsaturated/α-hetero) is 1. The summed E-state index contributed by atoms with van der Waals surface area (Å²) >= 11 is 5.89. The zero-order valence-corrected chi connectivity index (χ0v) is 9.44. The van der Waals surface area contributed by atoms with Crippen molar-refractivity contribution in [3.8, 4) is 0 Å². The third-order valence-corrected chi connectivity index (χ3v) is 2.54. The smallest absolute Gasteiger partial charge is 0.328 e. The van der Waals surface area contributed by atoms with Gasteiger partial charge < -0.3 is 5.11 Å². The van der Waals surface area contributed by atoms with Crippen molar-refractivity contribution in [2.75, 3.05) is 0 Å². The summed E-state index contributed by atoms with van der Waals surface area (Å²) in [7, 11) is 0. The van der Waals surface area contributed by atoms with Crippen molar-refractivity contribution in [1.29, 1.82) is 0 Å². The molecule has 1 aromatic rings. The van der Waals surface area contributed by atoms with Gasteiger partial charge in [0, 0.05) is 6.08 Å². The molecule has 3 nitrogen and oxygen atoms in total. The number of benzene rings is 1. The van der Waals surface area contributed by atoms with Crippen LogP contribution in [0.2, 0.25) is 0 Å². The molecule has 1 rings (SSSR count). The number of aliphatic carboxylic acids is 1. The van der Waals surface area contributed by atoms with Crippen molar-refractivity contribution in [3.63, 3.8) is 0 Å². The van der Waals surface area contributed by atoms with Crippen LogP contribution < -0.4 is 0 Å². The predicted molar refractivity (Wildman–Crippen MR) is 62.4 cm³/mol. The van der Waals surface area contributed by atoms with Crippen LogP contribution in [0.5, 0.6) is 0 Å². The van der Waals surface area contributed by atoms with E-state index in [0.717, 1.165) is 6.08 Å². The molecule has 0 radical (unpaired) electrons. The first-order valence-corrected chi connectivity index (χ1v) is 5.10. The van der Waals surface area contributed by atoms with Crippen LogP contribution in [0.1, 0.15) is 23.4 Å².